The summed E-state index contributed by atoms with van der Waals surface area (Å²) in [5.41, 5.74) is 2.48. The summed E-state index contributed by atoms with van der Waals surface area (Å²) >= 11 is 0. The average Bonchev–Trinajstić information content (AvgIpc) is 2.26. The topological polar surface area (TPSA) is 49.7 Å². The van der Waals surface area contributed by atoms with Gasteiger partial charge in [0.05, 0.1) is 11.4 Å². The summed E-state index contributed by atoms with van der Waals surface area (Å²) in [5, 5.41) is 0. The highest BCUT2D eigenvalue weighted by Crippen LogP contribution is 2.28. The molecule has 2 amide bonds. The second-order valence-corrected chi connectivity index (χ2v) is 3.60. The first kappa shape index (κ1) is 10.8. The highest BCUT2D eigenvalue weighted by atomic mass is 35.5. The molecule has 0 saturated carbocycles. The standard InChI is InChI=1S/C11H8N2O2.ClH/c14-10-11(15)13-6-2-4-7-3-1-5-8(12-10)9(7)13;/h1-2,4-5H,3,6H2;1H. The van der Waals surface area contributed by atoms with E-state index in [1.165, 1.54) is 4.90 Å². The number of carbonyl (C=O) groups excluding carboxylic acids is 2. The molecule has 1 aliphatic carbocycles. The van der Waals surface area contributed by atoms with Gasteiger partial charge in [-0.05, 0) is 18.1 Å². The SMILES string of the molecule is Cl.O=C1N=C2C=CCC3=C2N(CC=C3)C1=O. The molecule has 0 aromatic heterocycles. The predicted molar refractivity (Wildman–Crippen MR) is 61.3 cm³/mol. The molecular formula is C11H9ClN2O2. The number of hydrogen-bond acceptors (Lipinski definition) is 2. The van der Waals surface area contributed by atoms with Crippen LogP contribution in [-0.2, 0) is 9.59 Å². The van der Waals surface area contributed by atoms with Crippen molar-refractivity contribution in [1.82, 2.24) is 4.90 Å². The Balaban J connectivity index is 0.000000963. The van der Waals surface area contributed by atoms with Gasteiger partial charge in [-0.1, -0.05) is 18.2 Å². The van der Waals surface area contributed by atoms with Crippen LogP contribution < -0.4 is 0 Å². The lowest BCUT2D eigenvalue weighted by molar-refractivity contribution is -0.142. The molecule has 0 aromatic carbocycles. The van der Waals surface area contributed by atoms with Gasteiger partial charge in [-0.2, -0.15) is 0 Å². The fraction of sp³-hybridized carbons (Fsp3) is 0.182. The van der Waals surface area contributed by atoms with E-state index in [1.54, 1.807) is 6.08 Å². The van der Waals surface area contributed by atoms with Crippen molar-refractivity contribution >= 4 is 29.9 Å². The molecule has 3 aliphatic rings. The molecule has 0 radical (unpaired) electrons. The number of rotatable bonds is 0. The zero-order chi connectivity index (χ0) is 10.4. The number of carbonyl (C=O) groups is 2. The van der Waals surface area contributed by atoms with Gasteiger partial charge in [0, 0.05) is 6.54 Å². The summed E-state index contributed by atoms with van der Waals surface area (Å²) in [6.07, 6.45) is 8.44. The Kier molecular flexibility index (Phi) is 2.52. The number of halogens is 1. The van der Waals surface area contributed by atoms with Gasteiger partial charge in [-0.25, -0.2) is 4.99 Å². The van der Waals surface area contributed by atoms with Crippen LogP contribution in [0.2, 0.25) is 0 Å². The molecule has 0 aromatic rings. The van der Waals surface area contributed by atoms with E-state index in [0.29, 0.717) is 12.3 Å². The third-order valence-electron chi connectivity index (χ3n) is 2.69. The third kappa shape index (κ3) is 1.34. The summed E-state index contributed by atoms with van der Waals surface area (Å²) in [6, 6.07) is 0. The maximum absolute atomic E-state index is 11.6. The van der Waals surface area contributed by atoms with E-state index in [9.17, 15) is 9.59 Å². The number of allylic oxidation sites excluding steroid dienone is 4. The first-order chi connectivity index (χ1) is 7.27. The molecule has 3 rings (SSSR count). The second kappa shape index (κ2) is 3.72. The number of amides is 2. The largest absolute Gasteiger partial charge is 0.336 e. The van der Waals surface area contributed by atoms with Crippen LogP contribution in [0.1, 0.15) is 6.42 Å². The molecule has 82 valence electrons. The summed E-state index contributed by atoms with van der Waals surface area (Å²) in [5.74, 6) is -1.19. The molecule has 0 atom stereocenters. The van der Waals surface area contributed by atoms with Crippen molar-refractivity contribution in [2.75, 3.05) is 6.54 Å². The van der Waals surface area contributed by atoms with Gasteiger partial charge in [0.15, 0.2) is 0 Å². The normalized spacial score (nSPS) is 21.8. The fourth-order valence-electron chi connectivity index (χ4n) is 2.04. The second-order valence-electron chi connectivity index (χ2n) is 3.60. The van der Waals surface area contributed by atoms with Crippen LogP contribution in [-0.4, -0.2) is 29.0 Å². The zero-order valence-corrected chi connectivity index (χ0v) is 9.16. The van der Waals surface area contributed by atoms with Crippen molar-refractivity contribution in [3.8, 4) is 0 Å². The first-order valence-electron chi connectivity index (χ1n) is 4.78. The molecule has 5 heteroatoms. The van der Waals surface area contributed by atoms with Crippen molar-refractivity contribution in [3.63, 3.8) is 0 Å². The van der Waals surface area contributed by atoms with Crippen molar-refractivity contribution in [2.24, 2.45) is 4.99 Å². The molecule has 0 saturated heterocycles. The lowest BCUT2D eigenvalue weighted by atomic mass is 9.95. The Hall–Kier alpha value is -1.68. The van der Waals surface area contributed by atoms with E-state index in [0.717, 1.165) is 17.7 Å². The van der Waals surface area contributed by atoms with Gasteiger partial charge >= 0.3 is 11.8 Å². The molecule has 0 bridgehead atoms. The maximum Gasteiger partial charge on any atom is 0.336 e. The van der Waals surface area contributed by atoms with Gasteiger partial charge in [0.1, 0.15) is 0 Å². The Labute approximate surface area is 98.4 Å². The van der Waals surface area contributed by atoms with E-state index in [1.807, 2.05) is 18.2 Å². The van der Waals surface area contributed by atoms with E-state index in [4.69, 9.17) is 0 Å². The Morgan fingerprint density at radius 3 is 2.81 bits per heavy atom. The van der Waals surface area contributed by atoms with Crippen molar-refractivity contribution in [1.29, 1.82) is 0 Å². The molecular weight excluding hydrogens is 228 g/mol. The van der Waals surface area contributed by atoms with Crippen LogP contribution in [0.3, 0.4) is 0 Å². The molecule has 2 aliphatic heterocycles. The van der Waals surface area contributed by atoms with Crippen LogP contribution in [0.25, 0.3) is 0 Å². The van der Waals surface area contributed by atoms with Gasteiger partial charge < -0.3 is 0 Å². The molecule has 0 fully saturated rings. The van der Waals surface area contributed by atoms with Crippen molar-refractivity contribution < 1.29 is 9.59 Å². The monoisotopic (exact) mass is 236 g/mol. The lowest BCUT2D eigenvalue weighted by Crippen LogP contribution is -2.44. The highest BCUT2D eigenvalue weighted by Gasteiger charge is 2.34. The van der Waals surface area contributed by atoms with Crippen LogP contribution in [0, 0.1) is 0 Å². The third-order valence-corrected chi connectivity index (χ3v) is 2.69. The van der Waals surface area contributed by atoms with Crippen LogP contribution in [0.4, 0.5) is 0 Å². The Morgan fingerprint density at radius 1 is 1.19 bits per heavy atom. The molecule has 4 nitrogen and oxygen atoms in total. The smallest absolute Gasteiger partial charge is 0.298 e. The minimum atomic E-state index is -0.671. The minimum absolute atomic E-state index is 0. The molecule has 2 heterocycles. The number of nitrogens with zero attached hydrogens (tertiary/aromatic N) is 2. The summed E-state index contributed by atoms with van der Waals surface area (Å²) in [6.45, 7) is 0.469. The summed E-state index contributed by atoms with van der Waals surface area (Å²) in [4.78, 5) is 28.1. The van der Waals surface area contributed by atoms with E-state index in [-0.39, 0.29) is 12.4 Å². The maximum atomic E-state index is 11.6. The number of aliphatic imine (C=N–C) groups is 1. The molecule has 0 unspecified atom stereocenters. The quantitative estimate of drug-likeness (QED) is 0.589. The van der Waals surface area contributed by atoms with E-state index < -0.39 is 11.8 Å². The van der Waals surface area contributed by atoms with Crippen LogP contribution in [0.5, 0.6) is 0 Å². The minimum Gasteiger partial charge on any atom is -0.298 e. The van der Waals surface area contributed by atoms with Crippen LogP contribution >= 0.6 is 12.4 Å². The zero-order valence-electron chi connectivity index (χ0n) is 8.34. The average molecular weight is 237 g/mol. The highest BCUT2D eigenvalue weighted by molar-refractivity contribution is 6.42. The molecule has 0 N–H and O–H groups in total. The van der Waals surface area contributed by atoms with Crippen molar-refractivity contribution in [2.45, 2.75) is 6.42 Å². The molecule has 16 heavy (non-hydrogen) atoms. The van der Waals surface area contributed by atoms with Gasteiger partial charge in [-0.15, -0.1) is 12.4 Å². The lowest BCUT2D eigenvalue weighted by Gasteiger charge is -2.32. The first-order valence-corrected chi connectivity index (χ1v) is 4.78. The fourth-order valence-corrected chi connectivity index (χ4v) is 2.04. The molecule has 0 spiro atoms. The van der Waals surface area contributed by atoms with Gasteiger partial charge in [0.2, 0.25) is 0 Å². The van der Waals surface area contributed by atoms with Crippen LogP contribution in [0.15, 0.2) is 40.6 Å². The van der Waals surface area contributed by atoms with E-state index in [2.05, 4.69) is 4.99 Å². The van der Waals surface area contributed by atoms with E-state index >= 15 is 0 Å². The predicted octanol–water partition coefficient (Wildman–Crippen LogP) is 1.00. The summed E-state index contributed by atoms with van der Waals surface area (Å²) < 4.78 is 0. The van der Waals surface area contributed by atoms with Gasteiger partial charge in [0.25, 0.3) is 0 Å². The van der Waals surface area contributed by atoms with Crippen molar-refractivity contribution in [3.05, 3.63) is 35.6 Å². The van der Waals surface area contributed by atoms with Gasteiger partial charge in [-0.3, -0.25) is 14.5 Å². The Bertz CT molecular complexity index is 500. The Morgan fingerprint density at radius 2 is 2.00 bits per heavy atom. The number of hydrogen-bond donors (Lipinski definition) is 0. The summed E-state index contributed by atoms with van der Waals surface area (Å²) in [7, 11) is 0.